The van der Waals surface area contributed by atoms with Crippen molar-refractivity contribution in [3.63, 3.8) is 0 Å². The molecule has 1 aliphatic heterocycles. The van der Waals surface area contributed by atoms with E-state index in [4.69, 9.17) is 23.2 Å². The molecule has 0 amide bonds. The van der Waals surface area contributed by atoms with Gasteiger partial charge >= 0.3 is 0 Å². The van der Waals surface area contributed by atoms with Crippen LogP contribution in [0.15, 0.2) is 23.2 Å². The molecule has 3 nitrogen and oxygen atoms in total. The van der Waals surface area contributed by atoms with E-state index >= 15 is 0 Å². The van der Waals surface area contributed by atoms with Gasteiger partial charge in [-0.15, -0.1) is 0 Å². The lowest BCUT2D eigenvalue weighted by Gasteiger charge is -2.25. The fourth-order valence-electron chi connectivity index (χ4n) is 1.54. The van der Waals surface area contributed by atoms with Crippen molar-refractivity contribution in [2.45, 2.75) is 12.7 Å². The molecule has 18 heavy (non-hydrogen) atoms. The summed E-state index contributed by atoms with van der Waals surface area (Å²) < 4.78 is 0. The van der Waals surface area contributed by atoms with Crippen LogP contribution < -0.4 is 5.32 Å². The average molecular weight is 304 g/mol. The van der Waals surface area contributed by atoms with Gasteiger partial charge in [0, 0.05) is 15.8 Å². The van der Waals surface area contributed by atoms with Gasteiger partial charge in [0.2, 0.25) is 0 Å². The molecular weight excluding hydrogens is 289 g/mol. The average Bonchev–Trinajstić information content (AvgIpc) is 2.38. The smallest absolute Gasteiger partial charge is 0.159 e. The Hall–Kier alpha value is -0.420. The highest BCUT2D eigenvalue weighted by Crippen LogP contribution is 2.25. The summed E-state index contributed by atoms with van der Waals surface area (Å²) in [7, 11) is 0. The predicted molar refractivity (Wildman–Crippen MR) is 80.4 cm³/mol. The molecule has 1 aromatic carbocycles. The van der Waals surface area contributed by atoms with Gasteiger partial charge in [0.25, 0.3) is 0 Å². The number of rotatable bonds is 3. The van der Waals surface area contributed by atoms with Crippen molar-refractivity contribution in [1.29, 1.82) is 0 Å². The SMILES string of the molecule is CCN1CN=C(SCc2ccc(Cl)cc2Cl)NC1. The Bertz CT molecular complexity index is 451. The molecule has 0 bridgehead atoms. The zero-order valence-corrected chi connectivity index (χ0v) is 12.4. The molecule has 2 rings (SSSR count). The van der Waals surface area contributed by atoms with Gasteiger partial charge in [0.1, 0.15) is 0 Å². The molecule has 1 N–H and O–H groups in total. The minimum absolute atomic E-state index is 0.667. The Morgan fingerprint density at radius 1 is 1.44 bits per heavy atom. The first-order valence-corrected chi connectivity index (χ1v) is 7.50. The number of hydrogen-bond donors (Lipinski definition) is 1. The summed E-state index contributed by atoms with van der Waals surface area (Å²) in [5.74, 6) is 0.800. The zero-order chi connectivity index (χ0) is 13.0. The molecule has 1 aliphatic rings. The largest absolute Gasteiger partial charge is 0.352 e. The Kier molecular flexibility index (Phi) is 5.18. The van der Waals surface area contributed by atoms with Crippen LogP contribution in [0.25, 0.3) is 0 Å². The summed E-state index contributed by atoms with van der Waals surface area (Å²) in [6, 6.07) is 5.59. The second kappa shape index (κ2) is 6.66. The number of aliphatic imine (C=N–C) groups is 1. The van der Waals surface area contributed by atoms with E-state index in [1.54, 1.807) is 17.8 Å². The van der Waals surface area contributed by atoms with E-state index in [1.165, 1.54) is 0 Å². The van der Waals surface area contributed by atoms with E-state index < -0.39 is 0 Å². The van der Waals surface area contributed by atoms with Crippen molar-refractivity contribution in [3.8, 4) is 0 Å². The van der Waals surface area contributed by atoms with Crippen molar-refractivity contribution in [2.24, 2.45) is 4.99 Å². The van der Waals surface area contributed by atoms with Crippen molar-refractivity contribution in [3.05, 3.63) is 33.8 Å². The Morgan fingerprint density at radius 3 is 2.89 bits per heavy atom. The lowest BCUT2D eigenvalue weighted by Crippen LogP contribution is -2.41. The van der Waals surface area contributed by atoms with E-state index in [1.807, 2.05) is 12.1 Å². The molecule has 0 spiro atoms. The number of amidine groups is 1. The lowest BCUT2D eigenvalue weighted by molar-refractivity contribution is 0.281. The number of halogens is 2. The van der Waals surface area contributed by atoms with E-state index in [9.17, 15) is 0 Å². The molecular formula is C12H15Cl2N3S. The number of nitrogens with zero attached hydrogens (tertiary/aromatic N) is 2. The summed E-state index contributed by atoms with van der Waals surface area (Å²) in [6.45, 7) is 4.76. The van der Waals surface area contributed by atoms with Crippen LogP contribution in [0.5, 0.6) is 0 Å². The summed E-state index contributed by atoms with van der Waals surface area (Å²) in [5, 5.41) is 5.65. The Morgan fingerprint density at radius 2 is 2.28 bits per heavy atom. The summed E-state index contributed by atoms with van der Waals surface area (Å²) in [5.41, 5.74) is 1.08. The van der Waals surface area contributed by atoms with Crippen molar-refractivity contribution >= 4 is 40.1 Å². The lowest BCUT2D eigenvalue weighted by atomic mass is 10.2. The fourth-order valence-corrected chi connectivity index (χ4v) is 2.96. The molecule has 0 saturated heterocycles. The Labute approximate surface area is 122 Å². The molecule has 1 aromatic rings. The van der Waals surface area contributed by atoms with E-state index in [0.717, 1.165) is 36.4 Å². The molecule has 0 unspecified atom stereocenters. The molecule has 0 atom stereocenters. The fraction of sp³-hybridized carbons (Fsp3) is 0.417. The topological polar surface area (TPSA) is 27.6 Å². The third-order valence-corrected chi connectivity index (χ3v) is 4.28. The van der Waals surface area contributed by atoms with Crippen molar-refractivity contribution < 1.29 is 0 Å². The zero-order valence-electron chi connectivity index (χ0n) is 10.1. The maximum absolute atomic E-state index is 6.13. The van der Waals surface area contributed by atoms with Crippen molar-refractivity contribution in [1.82, 2.24) is 10.2 Å². The minimum atomic E-state index is 0.667. The molecule has 0 saturated carbocycles. The summed E-state index contributed by atoms with van der Waals surface area (Å²) >= 11 is 13.7. The highest BCUT2D eigenvalue weighted by Gasteiger charge is 2.11. The van der Waals surface area contributed by atoms with Gasteiger partial charge in [-0.05, 0) is 24.2 Å². The molecule has 0 aromatic heterocycles. The first kappa shape index (κ1) is 14.0. The highest BCUT2D eigenvalue weighted by atomic mass is 35.5. The van der Waals surface area contributed by atoms with E-state index in [2.05, 4.69) is 22.1 Å². The summed E-state index contributed by atoms with van der Waals surface area (Å²) in [4.78, 5) is 6.69. The second-order valence-corrected chi connectivity index (χ2v) is 5.76. The van der Waals surface area contributed by atoms with Gasteiger partial charge in [0.05, 0.1) is 13.3 Å². The quantitative estimate of drug-likeness (QED) is 0.927. The van der Waals surface area contributed by atoms with Crippen molar-refractivity contribution in [2.75, 3.05) is 19.9 Å². The summed E-state index contributed by atoms with van der Waals surface area (Å²) in [6.07, 6.45) is 0. The highest BCUT2D eigenvalue weighted by molar-refractivity contribution is 8.13. The van der Waals surface area contributed by atoms with Crippen LogP contribution in [0.2, 0.25) is 10.0 Å². The van der Waals surface area contributed by atoms with Gasteiger partial charge in [-0.3, -0.25) is 4.90 Å². The Balaban J connectivity index is 1.90. The maximum Gasteiger partial charge on any atom is 0.159 e. The molecule has 1 heterocycles. The van der Waals surface area contributed by atoms with Crippen LogP contribution >= 0.6 is 35.0 Å². The van der Waals surface area contributed by atoms with Crippen LogP contribution in [-0.2, 0) is 5.75 Å². The maximum atomic E-state index is 6.13. The molecule has 98 valence electrons. The number of thioether (sulfide) groups is 1. The van der Waals surface area contributed by atoms with Crippen LogP contribution in [0, 0.1) is 0 Å². The van der Waals surface area contributed by atoms with E-state index in [0.29, 0.717) is 10.0 Å². The standard InChI is InChI=1S/C12H15Cl2N3S/c1-2-17-7-15-12(16-8-17)18-6-9-3-4-10(13)5-11(9)14/h3-5H,2,6-8H2,1H3,(H,15,16). The van der Waals surface area contributed by atoms with Gasteiger partial charge < -0.3 is 5.32 Å². The predicted octanol–water partition coefficient (Wildman–Crippen LogP) is 3.42. The van der Waals surface area contributed by atoms with Gasteiger partial charge in [-0.2, -0.15) is 0 Å². The second-order valence-electron chi connectivity index (χ2n) is 3.95. The normalized spacial score (nSPS) is 16.3. The molecule has 0 aliphatic carbocycles. The first-order valence-electron chi connectivity index (χ1n) is 5.76. The van der Waals surface area contributed by atoms with Gasteiger partial charge in [0.15, 0.2) is 5.17 Å². The third-order valence-electron chi connectivity index (χ3n) is 2.69. The monoisotopic (exact) mass is 303 g/mol. The minimum Gasteiger partial charge on any atom is -0.352 e. The van der Waals surface area contributed by atoms with Crippen LogP contribution in [0.4, 0.5) is 0 Å². The number of benzene rings is 1. The molecule has 6 heteroatoms. The van der Waals surface area contributed by atoms with Gasteiger partial charge in [-0.1, -0.05) is 48.0 Å². The number of nitrogens with one attached hydrogen (secondary N) is 1. The van der Waals surface area contributed by atoms with Crippen LogP contribution in [-0.4, -0.2) is 29.9 Å². The third kappa shape index (κ3) is 3.79. The first-order chi connectivity index (χ1) is 8.69. The van der Waals surface area contributed by atoms with Crippen LogP contribution in [0.3, 0.4) is 0 Å². The number of hydrogen-bond acceptors (Lipinski definition) is 4. The molecule has 0 fully saturated rings. The van der Waals surface area contributed by atoms with E-state index in [-0.39, 0.29) is 0 Å². The van der Waals surface area contributed by atoms with Gasteiger partial charge in [-0.25, -0.2) is 4.99 Å². The molecule has 0 radical (unpaired) electrons. The van der Waals surface area contributed by atoms with Crippen LogP contribution in [0.1, 0.15) is 12.5 Å².